The van der Waals surface area contributed by atoms with E-state index in [1.165, 1.54) is 5.56 Å². The van der Waals surface area contributed by atoms with E-state index >= 15 is 0 Å². The van der Waals surface area contributed by atoms with Crippen LogP contribution in [0.2, 0.25) is 0 Å². The summed E-state index contributed by atoms with van der Waals surface area (Å²) < 4.78 is 0. The van der Waals surface area contributed by atoms with Crippen LogP contribution in [0.4, 0.5) is 0 Å². The second-order valence-electron chi connectivity index (χ2n) is 4.01. The van der Waals surface area contributed by atoms with E-state index in [1.54, 1.807) is 6.08 Å². The lowest BCUT2D eigenvalue weighted by Gasteiger charge is -2.08. The van der Waals surface area contributed by atoms with Crippen LogP contribution < -0.4 is 5.32 Å². The molecule has 0 aliphatic heterocycles. The largest absolute Gasteiger partial charge is 0.350 e. The van der Waals surface area contributed by atoms with Gasteiger partial charge in [0.15, 0.2) is 0 Å². The van der Waals surface area contributed by atoms with E-state index in [1.807, 2.05) is 44.2 Å². The molecule has 0 aromatic heterocycles. The van der Waals surface area contributed by atoms with Crippen LogP contribution in [0.3, 0.4) is 0 Å². The molecule has 0 bridgehead atoms. The summed E-state index contributed by atoms with van der Waals surface area (Å²) in [7, 11) is 0. The van der Waals surface area contributed by atoms with E-state index in [0.29, 0.717) is 0 Å². The topological polar surface area (TPSA) is 29.1 Å². The highest BCUT2D eigenvalue weighted by atomic mass is 16.1. The van der Waals surface area contributed by atoms with Gasteiger partial charge in [-0.2, -0.15) is 0 Å². The monoisotopic (exact) mass is 217 g/mol. The Bertz CT molecular complexity index is 382. The van der Waals surface area contributed by atoms with E-state index in [4.69, 9.17) is 0 Å². The molecule has 86 valence electrons. The van der Waals surface area contributed by atoms with Crippen LogP contribution in [0.5, 0.6) is 0 Å². The Morgan fingerprint density at radius 2 is 2.12 bits per heavy atom. The fourth-order valence-electron chi connectivity index (χ4n) is 1.33. The number of amides is 1. The Labute approximate surface area is 97.4 Å². The Morgan fingerprint density at radius 3 is 2.75 bits per heavy atom. The van der Waals surface area contributed by atoms with Gasteiger partial charge in [0.2, 0.25) is 5.91 Å². The van der Waals surface area contributed by atoms with Crippen molar-refractivity contribution in [2.75, 3.05) is 0 Å². The molecule has 1 aromatic carbocycles. The van der Waals surface area contributed by atoms with Crippen molar-refractivity contribution >= 4 is 12.0 Å². The molecule has 1 atom stereocenters. The lowest BCUT2D eigenvalue weighted by atomic mass is 10.1. The number of benzene rings is 1. The quantitative estimate of drug-likeness (QED) is 0.772. The van der Waals surface area contributed by atoms with Crippen molar-refractivity contribution in [3.63, 3.8) is 0 Å². The van der Waals surface area contributed by atoms with Gasteiger partial charge in [-0.1, -0.05) is 31.2 Å². The van der Waals surface area contributed by atoms with E-state index < -0.39 is 0 Å². The molecule has 1 amide bonds. The highest BCUT2D eigenvalue weighted by molar-refractivity contribution is 5.92. The minimum absolute atomic E-state index is 0.0300. The van der Waals surface area contributed by atoms with Crippen LogP contribution >= 0.6 is 0 Å². The lowest BCUT2D eigenvalue weighted by molar-refractivity contribution is -0.117. The maximum absolute atomic E-state index is 11.5. The van der Waals surface area contributed by atoms with E-state index in [-0.39, 0.29) is 11.9 Å². The second-order valence-corrected chi connectivity index (χ2v) is 4.01. The molecule has 16 heavy (non-hydrogen) atoms. The first-order valence-electron chi connectivity index (χ1n) is 5.67. The van der Waals surface area contributed by atoms with Gasteiger partial charge in [0.25, 0.3) is 0 Å². The molecule has 2 heteroatoms. The SMILES string of the molecule is CC[C@H](C)NC(=O)/C=C/c1ccccc1C. The van der Waals surface area contributed by atoms with Gasteiger partial charge in [-0.15, -0.1) is 0 Å². The zero-order chi connectivity index (χ0) is 12.0. The van der Waals surface area contributed by atoms with Gasteiger partial charge in [0, 0.05) is 12.1 Å². The summed E-state index contributed by atoms with van der Waals surface area (Å²) in [6.45, 7) is 6.09. The van der Waals surface area contributed by atoms with Gasteiger partial charge < -0.3 is 5.32 Å². The molecule has 1 aromatic rings. The number of carbonyl (C=O) groups excluding carboxylic acids is 1. The van der Waals surface area contributed by atoms with Gasteiger partial charge in [0.05, 0.1) is 0 Å². The molecule has 0 aliphatic carbocycles. The number of hydrogen-bond donors (Lipinski definition) is 1. The van der Waals surface area contributed by atoms with Crippen molar-refractivity contribution in [1.82, 2.24) is 5.32 Å². The minimum atomic E-state index is -0.0300. The van der Waals surface area contributed by atoms with Gasteiger partial charge in [-0.3, -0.25) is 4.79 Å². The van der Waals surface area contributed by atoms with Crippen LogP contribution in [-0.2, 0) is 4.79 Å². The second kappa shape index (κ2) is 6.11. The molecule has 1 N–H and O–H groups in total. The Morgan fingerprint density at radius 1 is 1.44 bits per heavy atom. The third-order valence-corrected chi connectivity index (χ3v) is 2.60. The van der Waals surface area contributed by atoms with Gasteiger partial charge in [-0.05, 0) is 37.5 Å². The number of carbonyl (C=O) groups is 1. The molecule has 0 radical (unpaired) electrons. The van der Waals surface area contributed by atoms with Crippen LogP contribution in [0, 0.1) is 6.92 Å². The summed E-state index contributed by atoms with van der Waals surface area (Å²) in [6.07, 6.45) is 4.39. The normalized spacial score (nSPS) is 12.7. The molecule has 0 unspecified atom stereocenters. The first-order valence-corrected chi connectivity index (χ1v) is 5.67. The fourth-order valence-corrected chi connectivity index (χ4v) is 1.33. The van der Waals surface area contributed by atoms with Crippen molar-refractivity contribution in [2.45, 2.75) is 33.2 Å². The predicted octanol–water partition coefficient (Wildman–Crippen LogP) is 2.92. The summed E-state index contributed by atoms with van der Waals surface area (Å²) in [5.41, 5.74) is 2.26. The minimum Gasteiger partial charge on any atom is -0.350 e. The van der Waals surface area contributed by atoms with Crippen molar-refractivity contribution in [1.29, 1.82) is 0 Å². The molecule has 2 nitrogen and oxygen atoms in total. The molecule has 0 fully saturated rings. The number of hydrogen-bond acceptors (Lipinski definition) is 1. The Kier molecular flexibility index (Phi) is 4.77. The average Bonchev–Trinajstić information content (AvgIpc) is 2.28. The Balaban J connectivity index is 2.60. The summed E-state index contributed by atoms with van der Waals surface area (Å²) >= 11 is 0. The number of rotatable bonds is 4. The molecule has 0 saturated heterocycles. The van der Waals surface area contributed by atoms with Crippen LogP contribution in [0.25, 0.3) is 6.08 Å². The molecule has 0 heterocycles. The number of aryl methyl sites for hydroxylation is 1. The fraction of sp³-hybridized carbons (Fsp3) is 0.357. The van der Waals surface area contributed by atoms with Crippen LogP contribution in [-0.4, -0.2) is 11.9 Å². The molecular formula is C14H19NO. The van der Waals surface area contributed by atoms with Crippen molar-refractivity contribution in [3.8, 4) is 0 Å². The number of nitrogens with one attached hydrogen (secondary N) is 1. The highest BCUT2D eigenvalue weighted by Gasteiger charge is 2.01. The molecule has 0 aliphatic rings. The first-order chi connectivity index (χ1) is 7.63. The maximum atomic E-state index is 11.5. The van der Waals surface area contributed by atoms with Gasteiger partial charge in [0.1, 0.15) is 0 Å². The van der Waals surface area contributed by atoms with E-state index in [0.717, 1.165) is 12.0 Å². The van der Waals surface area contributed by atoms with Crippen LogP contribution in [0.15, 0.2) is 30.3 Å². The summed E-state index contributed by atoms with van der Waals surface area (Å²) in [5, 5.41) is 2.89. The van der Waals surface area contributed by atoms with Crippen LogP contribution in [0.1, 0.15) is 31.4 Å². The van der Waals surface area contributed by atoms with Crippen molar-refractivity contribution < 1.29 is 4.79 Å². The summed E-state index contributed by atoms with van der Waals surface area (Å²) in [5.74, 6) is -0.0300. The van der Waals surface area contributed by atoms with E-state index in [2.05, 4.69) is 12.2 Å². The first kappa shape index (κ1) is 12.5. The smallest absolute Gasteiger partial charge is 0.244 e. The predicted molar refractivity (Wildman–Crippen MR) is 68.1 cm³/mol. The third-order valence-electron chi connectivity index (χ3n) is 2.60. The zero-order valence-electron chi connectivity index (χ0n) is 10.2. The lowest BCUT2D eigenvalue weighted by Crippen LogP contribution is -2.30. The molecule has 1 rings (SSSR count). The Hall–Kier alpha value is -1.57. The highest BCUT2D eigenvalue weighted by Crippen LogP contribution is 2.08. The van der Waals surface area contributed by atoms with Gasteiger partial charge >= 0.3 is 0 Å². The summed E-state index contributed by atoms with van der Waals surface area (Å²) in [4.78, 5) is 11.5. The maximum Gasteiger partial charge on any atom is 0.244 e. The molecule has 0 saturated carbocycles. The third kappa shape index (κ3) is 3.89. The standard InChI is InChI=1S/C14H19NO/c1-4-12(3)15-14(16)10-9-13-8-6-5-7-11(13)2/h5-10,12H,4H2,1-3H3,(H,15,16)/b10-9+/t12-/m0/s1. The average molecular weight is 217 g/mol. The van der Waals surface area contributed by atoms with E-state index in [9.17, 15) is 4.79 Å². The van der Waals surface area contributed by atoms with Crippen molar-refractivity contribution in [3.05, 3.63) is 41.5 Å². The summed E-state index contributed by atoms with van der Waals surface area (Å²) in [6, 6.07) is 8.23. The van der Waals surface area contributed by atoms with Crippen molar-refractivity contribution in [2.24, 2.45) is 0 Å². The zero-order valence-corrected chi connectivity index (χ0v) is 10.2. The molecule has 0 spiro atoms. The van der Waals surface area contributed by atoms with Gasteiger partial charge in [-0.25, -0.2) is 0 Å². The molecular weight excluding hydrogens is 198 g/mol.